The van der Waals surface area contributed by atoms with Crippen LogP contribution in [0.2, 0.25) is 5.02 Å². The molecule has 2 N–H and O–H groups in total. The monoisotopic (exact) mass is 264 g/mol. The van der Waals surface area contributed by atoms with Crippen molar-refractivity contribution in [1.29, 1.82) is 0 Å². The van der Waals surface area contributed by atoms with Crippen LogP contribution in [0.25, 0.3) is 10.9 Å². The van der Waals surface area contributed by atoms with E-state index < -0.39 is 5.91 Å². The molecule has 0 saturated carbocycles. The van der Waals surface area contributed by atoms with Crippen molar-refractivity contribution in [3.63, 3.8) is 0 Å². The highest BCUT2D eigenvalue weighted by Crippen LogP contribution is 2.27. The Kier molecular flexibility index (Phi) is 3.39. The smallest absolute Gasteiger partial charge is 0.248 e. The minimum atomic E-state index is -0.495. The second-order valence-corrected chi connectivity index (χ2v) is 4.61. The Morgan fingerprint density at radius 1 is 1.39 bits per heavy atom. The summed E-state index contributed by atoms with van der Waals surface area (Å²) >= 11 is 6.14. The van der Waals surface area contributed by atoms with Crippen LogP contribution in [-0.2, 0) is 0 Å². The van der Waals surface area contributed by atoms with E-state index in [1.807, 2.05) is 13.8 Å². The predicted octanol–water partition coefficient (Wildman–Crippen LogP) is 2.77. The van der Waals surface area contributed by atoms with E-state index in [0.717, 1.165) is 5.39 Å². The number of hydrogen-bond acceptors (Lipinski definition) is 3. The molecule has 0 aliphatic rings. The Bertz CT molecular complexity index is 611. The van der Waals surface area contributed by atoms with Crippen molar-refractivity contribution in [3.05, 3.63) is 34.9 Å². The van der Waals surface area contributed by atoms with Crippen LogP contribution < -0.4 is 10.5 Å². The number of benzene rings is 1. The van der Waals surface area contributed by atoms with Gasteiger partial charge in [0.25, 0.3) is 0 Å². The first-order chi connectivity index (χ1) is 8.47. The van der Waals surface area contributed by atoms with Crippen molar-refractivity contribution >= 4 is 28.4 Å². The molecule has 1 aromatic carbocycles. The van der Waals surface area contributed by atoms with Gasteiger partial charge in [0, 0.05) is 17.0 Å². The van der Waals surface area contributed by atoms with Crippen LogP contribution in [0.1, 0.15) is 24.2 Å². The molecule has 0 aliphatic carbocycles. The average molecular weight is 265 g/mol. The van der Waals surface area contributed by atoms with Crippen LogP contribution in [0.15, 0.2) is 24.3 Å². The number of pyridine rings is 1. The number of halogens is 1. The molecule has 0 bridgehead atoms. The normalized spacial score (nSPS) is 10.9. The molecule has 1 amide bonds. The van der Waals surface area contributed by atoms with Crippen LogP contribution in [-0.4, -0.2) is 17.0 Å². The fourth-order valence-electron chi connectivity index (χ4n) is 1.62. The van der Waals surface area contributed by atoms with Gasteiger partial charge < -0.3 is 10.5 Å². The summed E-state index contributed by atoms with van der Waals surface area (Å²) in [6, 6.07) is 6.62. The topological polar surface area (TPSA) is 65.2 Å². The Hall–Kier alpha value is -1.81. The Morgan fingerprint density at radius 3 is 2.72 bits per heavy atom. The maximum absolute atomic E-state index is 11.1. The van der Waals surface area contributed by atoms with Gasteiger partial charge in [-0.15, -0.1) is 0 Å². The summed E-state index contributed by atoms with van der Waals surface area (Å²) in [6.45, 7) is 3.80. The number of fused-ring (bicyclic) bond motifs is 1. The third-order valence-corrected chi connectivity index (χ3v) is 2.69. The number of amides is 1. The zero-order chi connectivity index (χ0) is 13.3. The zero-order valence-electron chi connectivity index (χ0n) is 10.1. The standard InChI is InChI=1S/C13H13ClN2O2/c1-7(2)18-12-6-10(14)9-4-3-8(13(15)17)5-11(9)16-12/h3-7H,1-2H3,(H2,15,17). The lowest BCUT2D eigenvalue weighted by atomic mass is 10.1. The number of hydrogen-bond donors (Lipinski definition) is 1. The van der Waals surface area contributed by atoms with Crippen molar-refractivity contribution in [2.24, 2.45) is 5.73 Å². The van der Waals surface area contributed by atoms with Crippen molar-refractivity contribution in [1.82, 2.24) is 4.98 Å². The molecule has 0 spiro atoms. The molecule has 0 atom stereocenters. The van der Waals surface area contributed by atoms with Gasteiger partial charge in [-0.2, -0.15) is 0 Å². The molecule has 5 heteroatoms. The number of ether oxygens (including phenoxy) is 1. The molecular weight excluding hydrogens is 252 g/mol. The van der Waals surface area contributed by atoms with Gasteiger partial charge in [-0.3, -0.25) is 4.79 Å². The van der Waals surface area contributed by atoms with E-state index in [-0.39, 0.29) is 6.10 Å². The summed E-state index contributed by atoms with van der Waals surface area (Å²) in [6.07, 6.45) is 0.00494. The summed E-state index contributed by atoms with van der Waals surface area (Å²) in [5.41, 5.74) is 6.22. The molecule has 4 nitrogen and oxygen atoms in total. The van der Waals surface area contributed by atoms with Gasteiger partial charge in [-0.1, -0.05) is 17.7 Å². The first-order valence-corrected chi connectivity index (χ1v) is 5.92. The maximum Gasteiger partial charge on any atom is 0.248 e. The summed E-state index contributed by atoms with van der Waals surface area (Å²) < 4.78 is 5.49. The van der Waals surface area contributed by atoms with E-state index in [1.54, 1.807) is 24.3 Å². The second kappa shape index (κ2) is 4.82. The zero-order valence-corrected chi connectivity index (χ0v) is 10.9. The van der Waals surface area contributed by atoms with E-state index in [4.69, 9.17) is 22.1 Å². The fourth-order valence-corrected chi connectivity index (χ4v) is 1.87. The minimum Gasteiger partial charge on any atom is -0.475 e. The van der Waals surface area contributed by atoms with Gasteiger partial charge in [0.1, 0.15) is 0 Å². The number of aromatic nitrogens is 1. The van der Waals surface area contributed by atoms with Crippen LogP contribution in [0.4, 0.5) is 0 Å². The van der Waals surface area contributed by atoms with Gasteiger partial charge in [0.15, 0.2) is 0 Å². The molecule has 1 aromatic heterocycles. The Morgan fingerprint density at radius 2 is 2.11 bits per heavy atom. The van der Waals surface area contributed by atoms with Gasteiger partial charge >= 0.3 is 0 Å². The molecule has 94 valence electrons. The maximum atomic E-state index is 11.1. The fraction of sp³-hybridized carbons (Fsp3) is 0.231. The Labute approximate surface area is 110 Å². The van der Waals surface area contributed by atoms with Gasteiger partial charge in [-0.05, 0) is 26.0 Å². The first kappa shape index (κ1) is 12.6. The lowest BCUT2D eigenvalue weighted by Crippen LogP contribution is -2.11. The van der Waals surface area contributed by atoms with E-state index in [1.165, 1.54) is 0 Å². The highest BCUT2D eigenvalue weighted by atomic mass is 35.5. The molecule has 0 fully saturated rings. The van der Waals surface area contributed by atoms with Crippen molar-refractivity contribution in [2.75, 3.05) is 0 Å². The van der Waals surface area contributed by atoms with E-state index in [9.17, 15) is 4.79 Å². The van der Waals surface area contributed by atoms with E-state index >= 15 is 0 Å². The minimum absolute atomic E-state index is 0.00494. The number of nitrogens with two attached hydrogens (primary N) is 1. The molecular formula is C13H13ClN2O2. The second-order valence-electron chi connectivity index (χ2n) is 4.21. The Balaban J connectivity index is 2.57. The van der Waals surface area contributed by atoms with Crippen molar-refractivity contribution in [3.8, 4) is 5.88 Å². The molecule has 2 rings (SSSR count). The largest absolute Gasteiger partial charge is 0.475 e. The number of carbonyl (C=O) groups excluding carboxylic acids is 1. The van der Waals surface area contributed by atoms with Crippen molar-refractivity contribution in [2.45, 2.75) is 20.0 Å². The molecule has 0 radical (unpaired) electrons. The molecule has 0 aliphatic heterocycles. The SMILES string of the molecule is CC(C)Oc1cc(Cl)c2ccc(C(N)=O)cc2n1. The highest BCUT2D eigenvalue weighted by molar-refractivity contribution is 6.35. The third kappa shape index (κ3) is 2.54. The summed E-state index contributed by atoms with van der Waals surface area (Å²) in [5.74, 6) is -0.0610. The number of nitrogens with zero attached hydrogens (tertiary/aromatic N) is 1. The number of rotatable bonds is 3. The highest BCUT2D eigenvalue weighted by Gasteiger charge is 2.09. The number of primary amides is 1. The van der Waals surface area contributed by atoms with Crippen LogP contribution in [0.5, 0.6) is 5.88 Å². The quantitative estimate of drug-likeness (QED) is 0.927. The van der Waals surface area contributed by atoms with Gasteiger partial charge in [0.2, 0.25) is 11.8 Å². The van der Waals surface area contributed by atoms with Gasteiger partial charge in [-0.25, -0.2) is 4.98 Å². The molecule has 0 unspecified atom stereocenters. The molecule has 18 heavy (non-hydrogen) atoms. The number of carbonyl (C=O) groups is 1. The first-order valence-electron chi connectivity index (χ1n) is 5.54. The third-order valence-electron chi connectivity index (χ3n) is 2.38. The molecule has 1 heterocycles. The van der Waals surface area contributed by atoms with Crippen LogP contribution >= 0.6 is 11.6 Å². The summed E-state index contributed by atoms with van der Waals surface area (Å²) in [4.78, 5) is 15.4. The summed E-state index contributed by atoms with van der Waals surface area (Å²) in [5, 5.41) is 1.30. The van der Waals surface area contributed by atoms with E-state index in [0.29, 0.717) is 22.0 Å². The van der Waals surface area contributed by atoms with E-state index in [2.05, 4.69) is 4.98 Å². The lowest BCUT2D eigenvalue weighted by Gasteiger charge is -2.10. The lowest BCUT2D eigenvalue weighted by molar-refractivity contribution is 0.100. The van der Waals surface area contributed by atoms with Crippen LogP contribution in [0.3, 0.4) is 0 Å². The molecule has 2 aromatic rings. The average Bonchev–Trinajstić information content (AvgIpc) is 2.27. The van der Waals surface area contributed by atoms with Crippen molar-refractivity contribution < 1.29 is 9.53 Å². The predicted molar refractivity (Wildman–Crippen MR) is 71.0 cm³/mol. The molecule has 0 saturated heterocycles. The van der Waals surface area contributed by atoms with Crippen LogP contribution in [0, 0.1) is 0 Å². The van der Waals surface area contributed by atoms with Gasteiger partial charge in [0.05, 0.1) is 16.6 Å². The summed E-state index contributed by atoms with van der Waals surface area (Å²) in [7, 11) is 0.